The van der Waals surface area contributed by atoms with E-state index in [1.54, 1.807) is 4.90 Å². The third-order valence-corrected chi connectivity index (χ3v) is 5.88. The number of nitrogens with zero attached hydrogens (tertiary/aromatic N) is 3. The summed E-state index contributed by atoms with van der Waals surface area (Å²) in [5, 5.41) is 0. The summed E-state index contributed by atoms with van der Waals surface area (Å²) in [7, 11) is 1.93. The van der Waals surface area contributed by atoms with E-state index in [1.165, 1.54) is 5.56 Å². The van der Waals surface area contributed by atoms with Gasteiger partial charge in [-0.25, -0.2) is 4.79 Å². The van der Waals surface area contributed by atoms with E-state index < -0.39 is 5.60 Å². The number of amides is 2. The molecule has 160 valence electrons. The molecule has 29 heavy (non-hydrogen) atoms. The van der Waals surface area contributed by atoms with Crippen LogP contribution in [0.4, 0.5) is 4.79 Å². The highest BCUT2D eigenvalue weighted by molar-refractivity contribution is 5.79. The van der Waals surface area contributed by atoms with Crippen LogP contribution in [0.2, 0.25) is 0 Å². The van der Waals surface area contributed by atoms with Crippen LogP contribution in [-0.2, 0) is 16.1 Å². The molecule has 2 aliphatic heterocycles. The lowest BCUT2D eigenvalue weighted by Crippen LogP contribution is -2.49. The highest BCUT2D eigenvalue weighted by Crippen LogP contribution is 2.24. The molecule has 0 radical (unpaired) electrons. The lowest BCUT2D eigenvalue weighted by molar-refractivity contribution is -0.136. The van der Waals surface area contributed by atoms with Crippen molar-refractivity contribution < 1.29 is 14.3 Å². The summed E-state index contributed by atoms with van der Waals surface area (Å²) in [6.45, 7) is 9.63. The van der Waals surface area contributed by atoms with E-state index >= 15 is 0 Å². The molecule has 2 fully saturated rings. The minimum atomic E-state index is -0.477. The van der Waals surface area contributed by atoms with Gasteiger partial charge in [-0.2, -0.15) is 0 Å². The smallest absolute Gasteiger partial charge is 0.410 e. The maximum atomic E-state index is 13.0. The van der Waals surface area contributed by atoms with E-state index in [0.717, 1.165) is 38.9 Å². The number of hydrogen-bond donors (Lipinski definition) is 0. The summed E-state index contributed by atoms with van der Waals surface area (Å²) >= 11 is 0. The summed E-state index contributed by atoms with van der Waals surface area (Å²) in [6.07, 6.45) is 2.29. The maximum absolute atomic E-state index is 13.0. The van der Waals surface area contributed by atoms with Gasteiger partial charge in [0.1, 0.15) is 5.60 Å². The molecule has 1 aromatic carbocycles. The van der Waals surface area contributed by atoms with Crippen LogP contribution in [0.3, 0.4) is 0 Å². The van der Waals surface area contributed by atoms with Gasteiger partial charge in [-0.1, -0.05) is 30.3 Å². The van der Waals surface area contributed by atoms with Gasteiger partial charge in [0.15, 0.2) is 0 Å². The molecule has 6 heteroatoms. The standard InChI is InChI=1S/C23H35N3O3/c1-23(2,3)29-22(28)26-14-11-20(12-15-26)24(4)21(27)19-10-13-25(17-19)16-18-8-6-5-7-9-18/h5-9,19-20H,10-17H2,1-4H3. The first kappa shape index (κ1) is 21.6. The first-order valence-electron chi connectivity index (χ1n) is 10.7. The number of ether oxygens (including phenoxy) is 1. The van der Waals surface area contributed by atoms with E-state index in [0.29, 0.717) is 13.1 Å². The molecule has 1 atom stereocenters. The van der Waals surface area contributed by atoms with E-state index in [4.69, 9.17) is 4.74 Å². The second-order valence-electron chi connectivity index (χ2n) is 9.35. The molecular formula is C23H35N3O3. The lowest BCUT2D eigenvalue weighted by atomic mass is 10.0. The molecule has 0 bridgehead atoms. The number of piperidine rings is 1. The van der Waals surface area contributed by atoms with E-state index in [2.05, 4.69) is 29.2 Å². The van der Waals surface area contributed by atoms with E-state index in [9.17, 15) is 9.59 Å². The van der Waals surface area contributed by atoms with E-state index in [-0.39, 0.29) is 24.0 Å². The number of hydrogen-bond acceptors (Lipinski definition) is 4. The van der Waals surface area contributed by atoms with Crippen LogP contribution in [0.1, 0.15) is 45.6 Å². The van der Waals surface area contributed by atoms with Crippen molar-refractivity contribution in [3.05, 3.63) is 35.9 Å². The third kappa shape index (κ3) is 5.95. The minimum Gasteiger partial charge on any atom is -0.444 e. The van der Waals surface area contributed by atoms with Crippen LogP contribution in [0, 0.1) is 5.92 Å². The molecule has 0 saturated carbocycles. The maximum Gasteiger partial charge on any atom is 0.410 e. The van der Waals surface area contributed by atoms with Crippen LogP contribution in [-0.4, -0.2) is 71.6 Å². The Kier molecular flexibility index (Phi) is 6.83. The number of carbonyl (C=O) groups is 2. The Morgan fingerprint density at radius 2 is 1.72 bits per heavy atom. The van der Waals surface area contributed by atoms with Gasteiger partial charge in [0, 0.05) is 39.3 Å². The van der Waals surface area contributed by atoms with Crippen molar-refractivity contribution in [2.45, 2.75) is 58.2 Å². The van der Waals surface area contributed by atoms with Crippen LogP contribution in [0.5, 0.6) is 0 Å². The van der Waals surface area contributed by atoms with Gasteiger partial charge in [-0.15, -0.1) is 0 Å². The quantitative estimate of drug-likeness (QED) is 0.776. The molecule has 6 nitrogen and oxygen atoms in total. The van der Waals surface area contributed by atoms with Crippen molar-refractivity contribution >= 4 is 12.0 Å². The highest BCUT2D eigenvalue weighted by atomic mass is 16.6. The van der Waals surface area contributed by atoms with Crippen LogP contribution >= 0.6 is 0 Å². The monoisotopic (exact) mass is 401 g/mol. The van der Waals surface area contributed by atoms with Gasteiger partial charge >= 0.3 is 6.09 Å². The molecule has 2 aliphatic rings. The van der Waals surface area contributed by atoms with Gasteiger partial charge in [0.2, 0.25) is 5.91 Å². The average molecular weight is 402 g/mol. The fourth-order valence-electron chi connectivity index (χ4n) is 4.25. The highest BCUT2D eigenvalue weighted by Gasteiger charge is 2.35. The molecule has 0 spiro atoms. The number of likely N-dealkylation sites (tertiary alicyclic amines) is 2. The van der Waals surface area contributed by atoms with Crippen LogP contribution in [0.15, 0.2) is 30.3 Å². The van der Waals surface area contributed by atoms with Gasteiger partial charge in [0.05, 0.1) is 5.92 Å². The van der Waals surface area contributed by atoms with Crippen molar-refractivity contribution in [3.8, 4) is 0 Å². The van der Waals surface area contributed by atoms with Crippen molar-refractivity contribution in [1.29, 1.82) is 0 Å². The Morgan fingerprint density at radius 3 is 2.34 bits per heavy atom. The molecule has 3 rings (SSSR count). The lowest BCUT2D eigenvalue weighted by Gasteiger charge is -2.38. The molecule has 2 heterocycles. The molecule has 1 aromatic rings. The summed E-state index contributed by atoms with van der Waals surface area (Å²) in [4.78, 5) is 31.3. The molecule has 1 unspecified atom stereocenters. The zero-order chi connectivity index (χ0) is 21.0. The Hall–Kier alpha value is -2.08. The molecule has 0 aliphatic carbocycles. The first-order chi connectivity index (χ1) is 13.7. The van der Waals surface area contributed by atoms with Gasteiger partial charge < -0.3 is 14.5 Å². The second-order valence-corrected chi connectivity index (χ2v) is 9.35. The van der Waals surface area contributed by atoms with Crippen molar-refractivity contribution in [1.82, 2.24) is 14.7 Å². The van der Waals surface area contributed by atoms with Crippen molar-refractivity contribution in [2.75, 3.05) is 33.2 Å². The van der Waals surface area contributed by atoms with Crippen LogP contribution in [0.25, 0.3) is 0 Å². The van der Waals surface area contributed by atoms with Gasteiger partial charge in [-0.3, -0.25) is 9.69 Å². The Morgan fingerprint density at radius 1 is 1.07 bits per heavy atom. The predicted molar refractivity (Wildman–Crippen MR) is 113 cm³/mol. The Balaban J connectivity index is 1.46. The Bertz CT molecular complexity index is 693. The summed E-state index contributed by atoms with van der Waals surface area (Å²) in [6, 6.07) is 10.6. The molecule has 2 amide bonds. The van der Waals surface area contributed by atoms with Gasteiger partial charge in [0.25, 0.3) is 0 Å². The topological polar surface area (TPSA) is 53.1 Å². The summed E-state index contributed by atoms with van der Waals surface area (Å²) in [5.74, 6) is 0.323. The second kappa shape index (κ2) is 9.16. The fourth-order valence-corrected chi connectivity index (χ4v) is 4.25. The summed E-state index contributed by atoms with van der Waals surface area (Å²) < 4.78 is 5.46. The van der Waals surface area contributed by atoms with Gasteiger partial charge in [-0.05, 0) is 52.1 Å². The largest absolute Gasteiger partial charge is 0.444 e. The number of carbonyl (C=O) groups excluding carboxylic acids is 2. The zero-order valence-corrected chi connectivity index (χ0v) is 18.3. The van der Waals surface area contributed by atoms with Crippen molar-refractivity contribution in [2.24, 2.45) is 5.92 Å². The SMILES string of the molecule is CN(C(=O)C1CCN(Cc2ccccc2)C1)C1CCN(C(=O)OC(C)(C)C)CC1. The third-order valence-electron chi connectivity index (χ3n) is 5.88. The fraction of sp³-hybridized carbons (Fsp3) is 0.652. The van der Waals surface area contributed by atoms with Crippen LogP contribution < -0.4 is 0 Å². The molecule has 0 aromatic heterocycles. The molecular weight excluding hydrogens is 366 g/mol. The average Bonchev–Trinajstić information content (AvgIpc) is 3.15. The molecule has 2 saturated heterocycles. The predicted octanol–water partition coefficient (Wildman–Crippen LogP) is 3.37. The summed E-state index contributed by atoms with van der Waals surface area (Å²) in [5.41, 5.74) is 0.817. The number of benzene rings is 1. The minimum absolute atomic E-state index is 0.0765. The first-order valence-corrected chi connectivity index (χ1v) is 10.7. The molecule has 0 N–H and O–H groups in total. The van der Waals surface area contributed by atoms with E-state index in [1.807, 2.05) is 38.8 Å². The number of rotatable bonds is 4. The zero-order valence-electron chi connectivity index (χ0n) is 18.3. The Labute approximate surface area is 174 Å². The van der Waals surface area contributed by atoms with Crippen molar-refractivity contribution in [3.63, 3.8) is 0 Å². The normalized spacial score (nSPS) is 21.2.